The normalized spacial score (nSPS) is 11.4. The van der Waals surface area contributed by atoms with Crippen LogP contribution in [0.4, 0.5) is 0 Å². The molecule has 0 fully saturated rings. The number of hydrogen-bond acceptors (Lipinski definition) is 3. The SMILES string of the molecule is CC(C)c1cc(-c2[c-]ccc(-c3ccccc3)c2)ncc1[Si](C)(C)C.Cc1cc(C)c(-c2ccnc(-c3[c-]cc4oc5cccc(Cc6ccccc6)c5c4c3)c2)c(C)c1.[Ir]. The van der Waals surface area contributed by atoms with Gasteiger partial charge in [-0.05, 0) is 101 Å². The second-order valence-corrected chi connectivity index (χ2v) is 22.3. The summed E-state index contributed by atoms with van der Waals surface area (Å²) >= 11 is 0. The van der Waals surface area contributed by atoms with Crippen LogP contribution in [0.25, 0.3) is 66.7 Å². The van der Waals surface area contributed by atoms with Gasteiger partial charge in [0.2, 0.25) is 0 Å². The molecule has 307 valence electrons. The van der Waals surface area contributed by atoms with E-state index in [2.05, 4.69) is 188 Å². The molecule has 5 heteroatoms. The van der Waals surface area contributed by atoms with Crippen molar-refractivity contribution in [2.24, 2.45) is 0 Å². The van der Waals surface area contributed by atoms with E-state index < -0.39 is 8.07 Å². The molecule has 0 aliphatic rings. The standard InChI is InChI=1S/C33H26NO.C23H26NSi.Ir/c1-21-16-22(2)32(23(3)17-21)27-14-15-34-29(20-27)25-12-13-30-28(19-25)33-26(10-7-11-31(33)35-30)18-24-8-5-4-6-9-24;1-17(2)21-15-22(24-16-23(21)25(3,4)5)20-13-9-12-19(14-20)18-10-7-6-8-11-18;/h4-11,13-17,19-20H,18H2,1-3H3;6-12,14-17H,1-5H3;/q2*-1;. The van der Waals surface area contributed by atoms with E-state index in [1.807, 2.05) is 30.5 Å². The number of fused-ring (bicyclic) bond motifs is 3. The van der Waals surface area contributed by atoms with Crippen molar-refractivity contribution in [3.63, 3.8) is 0 Å². The Hall–Kier alpha value is -5.71. The average molecular weight is 989 g/mol. The summed E-state index contributed by atoms with van der Waals surface area (Å²) < 4.78 is 6.21. The van der Waals surface area contributed by atoms with Crippen LogP contribution in [0.15, 0.2) is 156 Å². The maximum atomic E-state index is 6.21. The van der Waals surface area contributed by atoms with E-state index in [-0.39, 0.29) is 20.1 Å². The van der Waals surface area contributed by atoms with Gasteiger partial charge in [-0.25, -0.2) is 0 Å². The molecule has 6 aromatic carbocycles. The van der Waals surface area contributed by atoms with E-state index in [0.29, 0.717) is 5.92 Å². The molecule has 1 radical (unpaired) electrons. The summed E-state index contributed by atoms with van der Waals surface area (Å²) in [5, 5.41) is 3.74. The maximum absolute atomic E-state index is 6.21. The van der Waals surface area contributed by atoms with Crippen molar-refractivity contribution in [1.29, 1.82) is 0 Å². The summed E-state index contributed by atoms with van der Waals surface area (Å²) in [7, 11) is -1.40. The summed E-state index contributed by atoms with van der Waals surface area (Å²) in [5.74, 6) is 0.501. The topological polar surface area (TPSA) is 38.9 Å². The Bertz CT molecular complexity index is 2920. The zero-order valence-corrected chi connectivity index (χ0v) is 39.7. The van der Waals surface area contributed by atoms with Crippen LogP contribution in [0.5, 0.6) is 0 Å². The third-order valence-corrected chi connectivity index (χ3v) is 13.3. The molecular weight excluding hydrogens is 937 g/mol. The van der Waals surface area contributed by atoms with Gasteiger partial charge in [0.1, 0.15) is 5.58 Å². The number of furan rings is 1. The Balaban J connectivity index is 0.000000192. The van der Waals surface area contributed by atoms with Crippen LogP contribution < -0.4 is 5.19 Å². The molecule has 3 nitrogen and oxygen atoms in total. The summed E-state index contributed by atoms with van der Waals surface area (Å²) in [5.41, 5.74) is 18.4. The number of pyridine rings is 2. The van der Waals surface area contributed by atoms with Gasteiger partial charge >= 0.3 is 0 Å². The minimum absolute atomic E-state index is 0. The van der Waals surface area contributed by atoms with Gasteiger partial charge in [-0.2, -0.15) is 0 Å². The molecule has 0 atom stereocenters. The summed E-state index contributed by atoms with van der Waals surface area (Å²) in [6, 6.07) is 55.6. The molecule has 3 aromatic heterocycles. The Labute approximate surface area is 376 Å². The number of aryl methyl sites for hydroxylation is 3. The number of aromatic nitrogens is 2. The minimum Gasteiger partial charge on any atom is -0.500 e. The molecule has 0 aliphatic heterocycles. The zero-order valence-electron chi connectivity index (χ0n) is 36.4. The quantitative estimate of drug-likeness (QED) is 0.112. The van der Waals surface area contributed by atoms with Gasteiger partial charge in [-0.3, -0.25) is 0 Å². The molecule has 0 spiro atoms. The van der Waals surface area contributed by atoms with Gasteiger partial charge < -0.3 is 14.4 Å². The van der Waals surface area contributed by atoms with E-state index in [0.717, 1.165) is 45.5 Å². The Kier molecular flexibility index (Phi) is 13.2. The second kappa shape index (κ2) is 18.5. The molecule has 61 heavy (non-hydrogen) atoms. The van der Waals surface area contributed by atoms with Crippen LogP contribution >= 0.6 is 0 Å². The van der Waals surface area contributed by atoms with Crippen molar-refractivity contribution >= 4 is 35.2 Å². The Morgan fingerprint density at radius 3 is 2.03 bits per heavy atom. The van der Waals surface area contributed by atoms with Crippen LogP contribution in [0.2, 0.25) is 19.6 Å². The van der Waals surface area contributed by atoms with Gasteiger partial charge in [0, 0.05) is 37.9 Å². The first-order valence-electron chi connectivity index (χ1n) is 21.0. The number of benzene rings is 6. The molecule has 9 rings (SSSR count). The van der Waals surface area contributed by atoms with Crippen molar-refractivity contribution in [2.75, 3.05) is 0 Å². The number of rotatable bonds is 8. The van der Waals surface area contributed by atoms with Gasteiger partial charge in [0.15, 0.2) is 0 Å². The maximum Gasteiger partial charge on any atom is 0.121 e. The molecule has 0 saturated carbocycles. The summed E-state index contributed by atoms with van der Waals surface area (Å²) in [4.78, 5) is 9.51. The summed E-state index contributed by atoms with van der Waals surface area (Å²) in [6.45, 7) is 18.2. The zero-order chi connectivity index (χ0) is 42.0. The van der Waals surface area contributed by atoms with E-state index in [4.69, 9.17) is 14.4 Å². The fraction of sp³-hybridized carbons (Fsp3) is 0.179. The first-order chi connectivity index (χ1) is 28.9. The third kappa shape index (κ3) is 9.61. The van der Waals surface area contributed by atoms with Crippen molar-refractivity contribution in [1.82, 2.24) is 9.97 Å². The molecule has 0 aliphatic carbocycles. The van der Waals surface area contributed by atoms with Gasteiger partial charge in [-0.15, -0.1) is 59.2 Å². The van der Waals surface area contributed by atoms with E-state index >= 15 is 0 Å². The van der Waals surface area contributed by atoms with Crippen LogP contribution in [-0.4, -0.2) is 18.0 Å². The molecule has 3 heterocycles. The smallest absolute Gasteiger partial charge is 0.121 e. The van der Waals surface area contributed by atoms with Crippen LogP contribution in [0, 0.1) is 32.9 Å². The molecule has 0 amide bonds. The first-order valence-corrected chi connectivity index (χ1v) is 24.5. The molecule has 0 unspecified atom stereocenters. The van der Waals surface area contributed by atoms with Crippen molar-refractivity contribution < 1.29 is 24.5 Å². The van der Waals surface area contributed by atoms with Gasteiger partial charge in [0.05, 0.1) is 13.7 Å². The fourth-order valence-corrected chi connectivity index (χ4v) is 10.1. The molecule has 0 N–H and O–H groups in total. The predicted molar refractivity (Wildman–Crippen MR) is 256 cm³/mol. The average Bonchev–Trinajstić information content (AvgIpc) is 3.63. The molecule has 0 bridgehead atoms. The number of hydrogen-bond donors (Lipinski definition) is 0. The Morgan fingerprint density at radius 2 is 1.33 bits per heavy atom. The molecule has 0 saturated heterocycles. The van der Waals surface area contributed by atoms with Crippen LogP contribution in [0.3, 0.4) is 0 Å². The third-order valence-electron chi connectivity index (χ3n) is 11.3. The molecule has 9 aromatic rings. The van der Waals surface area contributed by atoms with Gasteiger partial charge in [0.25, 0.3) is 0 Å². The molecular formula is C56H52IrN2OSi-2. The fourth-order valence-electron chi connectivity index (χ4n) is 8.47. The second-order valence-electron chi connectivity index (χ2n) is 17.3. The number of nitrogens with zero attached hydrogens (tertiary/aromatic N) is 2. The van der Waals surface area contributed by atoms with Crippen molar-refractivity contribution in [3.8, 4) is 44.8 Å². The van der Waals surface area contributed by atoms with E-state index in [9.17, 15) is 0 Å². The van der Waals surface area contributed by atoms with Gasteiger partial charge in [-0.1, -0.05) is 147 Å². The predicted octanol–water partition coefficient (Wildman–Crippen LogP) is 14.5. The van der Waals surface area contributed by atoms with Crippen LogP contribution in [-0.2, 0) is 26.5 Å². The largest absolute Gasteiger partial charge is 0.500 e. The van der Waals surface area contributed by atoms with Crippen molar-refractivity contribution in [2.45, 2.75) is 66.6 Å². The van der Waals surface area contributed by atoms with Crippen molar-refractivity contribution in [3.05, 3.63) is 197 Å². The summed E-state index contributed by atoms with van der Waals surface area (Å²) in [6.07, 6.45) is 4.87. The Morgan fingerprint density at radius 1 is 0.639 bits per heavy atom. The first kappa shape index (κ1) is 43.4. The van der Waals surface area contributed by atoms with E-state index in [1.54, 1.807) is 0 Å². The van der Waals surface area contributed by atoms with Crippen LogP contribution in [0.1, 0.15) is 53.1 Å². The monoisotopic (exact) mass is 989 g/mol. The minimum atomic E-state index is -1.40. The van der Waals surface area contributed by atoms with E-state index in [1.165, 1.54) is 66.2 Å².